The van der Waals surface area contributed by atoms with Crippen LogP contribution in [0.25, 0.3) is 0 Å². The maximum Gasteiger partial charge on any atom is 0.256 e. The highest BCUT2D eigenvalue weighted by Crippen LogP contribution is 2.45. The lowest BCUT2D eigenvalue weighted by atomic mass is 9.94. The van der Waals surface area contributed by atoms with Crippen LogP contribution in [0, 0.1) is 5.41 Å². The molecule has 0 aromatic heterocycles. The Hall–Kier alpha value is -4.37. The second-order valence-corrected chi connectivity index (χ2v) is 14.2. The molecule has 1 heterocycles. The largest absolute Gasteiger partial charge is 0.492 e. The van der Waals surface area contributed by atoms with Gasteiger partial charge in [-0.3, -0.25) is 9.59 Å². The Morgan fingerprint density at radius 1 is 0.900 bits per heavy atom. The van der Waals surface area contributed by atoms with E-state index in [1.165, 1.54) is 5.56 Å². The predicted octanol–water partition coefficient (Wildman–Crippen LogP) is 8.24. The topological polar surface area (TPSA) is 89.1 Å². The summed E-state index contributed by atoms with van der Waals surface area (Å²) >= 11 is 6.59. The van der Waals surface area contributed by atoms with Gasteiger partial charge >= 0.3 is 0 Å². The molecule has 1 aliphatic rings. The van der Waals surface area contributed by atoms with Crippen molar-refractivity contribution in [3.8, 4) is 11.5 Å². The van der Waals surface area contributed by atoms with Crippen molar-refractivity contribution in [2.75, 3.05) is 43.6 Å². The van der Waals surface area contributed by atoms with Crippen LogP contribution in [0.4, 0.5) is 11.4 Å². The van der Waals surface area contributed by atoms with Crippen molar-refractivity contribution < 1.29 is 23.8 Å². The minimum Gasteiger partial charge on any atom is -0.492 e. The van der Waals surface area contributed by atoms with E-state index >= 15 is 0 Å². The third-order valence-electron chi connectivity index (χ3n) is 8.38. The van der Waals surface area contributed by atoms with E-state index in [2.05, 4.69) is 55.7 Å². The number of carbonyl (C=O) groups excluding carboxylic acids is 2. The van der Waals surface area contributed by atoms with E-state index in [0.29, 0.717) is 52.2 Å². The molecule has 0 saturated carbocycles. The molecular formula is C41H48ClN3O5. The molecule has 0 radical (unpaired) electrons. The fourth-order valence-corrected chi connectivity index (χ4v) is 6.30. The summed E-state index contributed by atoms with van der Waals surface area (Å²) in [5.74, 6) is 0.452. The van der Waals surface area contributed by atoms with Crippen LogP contribution in [0.1, 0.15) is 62.8 Å². The molecule has 1 aliphatic heterocycles. The molecule has 50 heavy (non-hydrogen) atoms. The Kier molecular flexibility index (Phi) is 12.9. The van der Waals surface area contributed by atoms with E-state index in [4.69, 9.17) is 25.8 Å². The number of ether oxygens (including phenoxy) is 3. The standard InChI is InChI=1S/C41H48ClN3O5/c1-41(2,3)28-45-34-22-21-30(42)26-33(34)38(50-36(40(45)47)27-37(46)44-31-17-9-6-10-18-31)32-19-11-20-35(39(32)48-4)49-25-13-24-43-23-12-16-29-14-7-5-8-15-29/h5-11,14-15,17-22,26,36,38,43H,12-13,16,23-25,27-28H2,1-4H3,(H,44,46)/t36-,38-/m1/s1. The summed E-state index contributed by atoms with van der Waals surface area (Å²) in [5, 5.41) is 6.91. The fraction of sp³-hybridized carbons (Fsp3) is 0.366. The first-order chi connectivity index (χ1) is 24.1. The van der Waals surface area contributed by atoms with Crippen LogP contribution in [0.2, 0.25) is 5.02 Å². The first-order valence-electron chi connectivity index (χ1n) is 17.3. The van der Waals surface area contributed by atoms with Crippen molar-refractivity contribution in [1.29, 1.82) is 0 Å². The van der Waals surface area contributed by atoms with E-state index in [0.717, 1.165) is 32.4 Å². The highest BCUT2D eigenvalue weighted by atomic mass is 35.5. The first-order valence-corrected chi connectivity index (χ1v) is 17.7. The highest BCUT2D eigenvalue weighted by Gasteiger charge is 2.40. The molecule has 0 spiro atoms. The van der Waals surface area contributed by atoms with Crippen LogP contribution in [-0.4, -0.2) is 51.3 Å². The number of halogens is 1. The van der Waals surface area contributed by atoms with Gasteiger partial charge in [0.15, 0.2) is 11.5 Å². The maximum atomic E-state index is 14.3. The second kappa shape index (κ2) is 17.5. The van der Waals surface area contributed by atoms with Gasteiger partial charge in [0.05, 0.1) is 20.1 Å². The quantitative estimate of drug-likeness (QED) is 0.122. The molecule has 264 valence electrons. The van der Waals surface area contributed by atoms with Crippen LogP contribution in [0.3, 0.4) is 0 Å². The molecule has 4 aromatic rings. The number of methoxy groups -OCH3 is 1. The third-order valence-corrected chi connectivity index (χ3v) is 8.61. The van der Waals surface area contributed by atoms with Crippen LogP contribution >= 0.6 is 11.6 Å². The molecule has 0 bridgehead atoms. The minimum atomic E-state index is -1.08. The Morgan fingerprint density at radius 3 is 2.34 bits per heavy atom. The number of nitrogens with one attached hydrogen (secondary N) is 2. The Balaban J connectivity index is 1.36. The lowest BCUT2D eigenvalue weighted by Crippen LogP contribution is -2.44. The van der Waals surface area contributed by atoms with Gasteiger partial charge < -0.3 is 29.7 Å². The highest BCUT2D eigenvalue weighted by molar-refractivity contribution is 6.30. The zero-order chi connectivity index (χ0) is 35.5. The summed E-state index contributed by atoms with van der Waals surface area (Å²) in [7, 11) is 1.59. The molecule has 8 nitrogen and oxygen atoms in total. The van der Waals surface area contributed by atoms with Crippen LogP contribution in [0.5, 0.6) is 11.5 Å². The summed E-state index contributed by atoms with van der Waals surface area (Å²) in [6.07, 6.45) is 0.883. The van der Waals surface area contributed by atoms with Crippen molar-refractivity contribution in [2.24, 2.45) is 5.41 Å². The number of hydrogen-bond donors (Lipinski definition) is 2. The number of hydrogen-bond acceptors (Lipinski definition) is 6. The van der Waals surface area contributed by atoms with Gasteiger partial charge in [0.25, 0.3) is 5.91 Å². The number of nitrogens with zero attached hydrogens (tertiary/aromatic N) is 1. The number of benzene rings is 4. The molecule has 0 saturated heterocycles. The SMILES string of the molecule is COc1c(OCCCNCCCc2ccccc2)cccc1[C@H]1O[C@H](CC(=O)Nc2ccccc2)C(=O)N(CC(C)(C)C)c2ccc(Cl)cc21. The normalized spacial score (nSPS) is 16.0. The van der Waals surface area contributed by atoms with Crippen molar-refractivity contribution in [3.63, 3.8) is 0 Å². The molecular weight excluding hydrogens is 650 g/mol. The number of fused-ring (bicyclic) bond motifs is 1. The number of para-hydroxylation sites is 2. The lowest BCUT2D eigenvalue weighted by molar-refractivity contribution is -0.136. The third kappa shape index (κ3) is 10.1. The van der Waals surface area contributed by atoms with E-state index in [1.54, 1.807) is 30.2 Å². The zero-order valence-electron chi connectivity index (χ0n) is 29.4. The molecule has 0 aliphatic carbocycles. The second-order valence-electron chi connectivity index (χ2n) is 13.7. The molecule has 0 fully saturated rings. The van der Waals surface area contributed by atoms with E-state index in [1.807, 2.05) is 54.6 Å². The van der Waals surface area contributed by atoms with Gasteiger partial charge in [-0.1, -0.05) is 93.0 Å². The van der Waals surface area contributed by atoms with Crippen molar-refractivity contribution in [1.82, 2.24) is 5.32 Å². The summed E-state index contributed by atoms with van der Waals surface area (Å²) in [6, 6.07) is 30.8. The van der Waals surface area contributed by atoms with Gasteiger partial charge in [-0.25, -0.2) is 0 Å². The average Bonchev–Trinajstić information content (AvgIpc) is 3.19. The van der Waals surface area contributed by atoms with E-state index < -0.39 is 12.2 Å². The molecule has 4 aromatic carbocycles. The zero-order valence-corrected chi connectivity index (χ0v) is 30.2. The van der Waals surface area contributed by atoms with Gasteiger partial charge in [0, 0.05) is 34.1 Å². The molecule has 2 amide bonds. The number of anilines is 2. The minimum absolute atomic E-state index is 0.177. The number of carbonyl (C=O) groups is 2. The van der Waals surface area contributed by atoms with Gasteiger partial charge in [-0.2, -0.15) is 0 Å². The van der Waals surface area contributed by atoms with Gasteiger partial charge in [0.2, 0.25) is 5.91 Å². The fourth-order valence-electron chi connectivity index (χ4n) is 6.12. The average molecular weight is 698 g/mol. The van der Waals surface area contributed by atoms with Gasteiger partial charge in [-0.15, -0.1) is 0 Å². The van der Waals surface area contributed by atoms with Crippen molar-refractivity contribution in [2.45, 2.75) is 58.7 Å². The smallest absolute Gasteiger partial charge is 0.256 e. The Bertz CT molecular complexity index is 1710. The van der Waals surface area contributed by atoms with Gasteiger partial charge in [0.1, 0.15) is 12.2 Å². The molecule has 9 heteroatoms. The lowest BCUT2D eigenvalue weighted by Gasteiger charge is -2.31. The predicted molar refractivity (Wildman–Crippen MR) is 200 cm³/mol. The number of amides is 2. The monoisotopic (exact) mass is 697 g/mol. The molecule has 2 N–H and O–H groups in total. The molecule has 0 unspecified atom stereocenters. The summed E-state index contributed by atoms with van der Waals surface area (Å²) in [4.78, 5) is 29.4. The summed E-state index contributed by atoms with van der Waals surface area (Å²) < 4.78 is 18.9. The molecule has 5 rings (SSSR count). The first kappa shape index (κ1) is 36.9. The summed E-state index contributed by atoms with van der Waals surface area (Å²) in [6.45, 7) is 8.87. The van der Waals surface area contributed by atoms with Crippen LogP contribution in [0.15, 0.2) is 97.1 Å². The Labute approximate surface area is 301 Å². The van der Waals surface area contributed by atoms with E-state index in [9.17, 15) is 9.59 Å². The number of rotatable bonds is 15. The molecule has 2 atom stereocenters. The van der Waals surface area contributed by atoms with Crippen LogP contribution in [-0.2, 0) is 20.7 Å². The van der Waals surface area contributed by atoms with Gasteiger partial charge in [-0.05, 0) is 79.7 Å². The summed E-state index contributed by atoms with van der Waals surface area (Å²) in [5.41, 5.74) is 3.80. The number of aryl methyl sites for hydroxylation is 1. The van der Waals surface area contributed by atoms with Crippen molar-refractivity contribution >= 4 is 34.8 Å². The Morgan fingerprint density at radius 2 is 1.62 bits per heavy atom. The maximum absolute atomic E-state index is 14.3. The van der Waals surface area contributed by atoms with Crippen molar-refractivity contribution in [3.05, 3.63) is 119 Å². The van der Waals surface area contributed by atoms with Crippen LogP contribution < -0.4 is 25.0 Å². The van der Waals surface area contributed by atoms with E-state index in [-0.39, 0.29) is 23.7 Å².